The molecule has 0 unspecified atom stereocenters. The van der Waals surface area contributed by atoms with Crippen LogP contribution in [0.15, 0.2) is 24.3 Å². The van der Waals surface area contributed by atoms with Crippen LogP contribution in [0.5, 0.6) is 0 Å². The predicted molar refractivity (Wildman–Crippen MR) is 78.7 cm³/mol. The molecule has 1 aromatic heterocycles. The Kier molecular flexibility index (Phi) is 3.49. The lowest BCUT2D eigenvalue weighted by Crippen LogP contribution is -2.31. The molecule has 1 heterocycles. The standard InChI is InChI=1S/C16H20N2O2/c1-11-14(13-4-2-3-5-15(13)17-11)9-18(10-16(19)20)8-12-6-7-12/h2-5,12,17H,6-10H2,1H3,(H,19,20). The van der Waals surface area contributed by atoms with Crippen molar-refractivity contribution in [3.8, 4) is 0 Å². The number of aromatic amines is 1. The third kappa shape index (κ3) is 2.85. The van der Waals surface area contributed by atoms with Gasteiger partial charge in [0.1, 0.15) is 0 Å². The first-order valence-corrected chi connectivity index (χ1v) is 7.14. The van der Waals surface area contributed by atoms with Crippen LogP contribution in [-0.2, 0) is 11.3 Å². The maximum Gasteiger partial charge on any atom is 0.317 e. The molecule has 2 aromatic rings. The Labute approximate surface area is 118 Å². The number of H-pyrrole nitrogens is 1. The summed E-state index contributed by atoms with van der Waals surface area (Å²) in [4.78, 5) is 16.5. The number of rotatable bonds is 6. The van der Waals surface area contributed by atoms with Crippen LogP contribution in [-0.4, -0.2) is 34.0 Å². The molecule has 20 heavy (non-hydrogen) atoms. The van der Waals surface area contributed by atoms with E-state index in [4.69, 9.17) is 5.11 Å². The van der Waals surface area contributed by atoms with Crippen molar-refractivity contribution in [1.82, 2.24) is 9.88 Å². The summed E-state index contributed by atoms with van der Waals surface area (Å²) >= 11 is 0. The average Bonchev–Trinajstić information content (AvgIpc) is 3.14. The third-order valence-electron chi connectivity index (χ3n) is 3.98. The number of benzene rings is 1. The van der Waals surface area contributed by atoms with Gasteiger partial charge in [0.05, 0.1) is 6.54 Å². The van der Waals surface area contributed by atoms with E-state index in [9.17, 15) is 4.79 Å². The molecule has 0 radical (unpaired) electrons. The van der Waals surface area contributed by atoms with E-state index in [1.807, 2.05) is 12.1 Å². The zero-order valence-electron chi connectivity index (χ0n) is 11.7. The highest BCUT2D eigenvalue weighted by atomic mass is 16.4. The summed E-state index contributed by atoms with van der Waals surface area (Å²) in [6.45, 7) is 3.78. The fraction of sp³-hybridized carbons (Fsp3) is 0.438. The molecule has 0 atom stereocenters. The normalized spacial score (nSPS) is 15.1. The fourth-order valence-corrected chi connectivity index (χ4v) is 2.80. The molecule has 1 aromatic carbocycles. The molecule has 3 rings (SSSR count). The summed E-state index contributed by atoms with van der Waals surface area (Å²) in [7, 11) is 0. The van der Waals surface area contributed by atoms with Crippen LogP contribution in [0.3, 0.4) is 0 Å². The van der Waals surface area contributed by atoms with E-state index in [0.29, 0.717) is 12.5 Å². The van der Waals surface area contributed by atoms with Crippen molar-refractivity contribution in [3.05, 3.63) is 35.5 Å². The first kappa shape index (κ1) is 13.2. The smallest absolute Gasteiger partial charge is 0.317 e. The Hall–Kier alpha value is -1.81. The molecule has 0 amide bonds. The lowest BCUT2D eigenvalue weighted by atomic mass is 10.1. The van der Waals surface area contributed by atoms with E-state index in [0.717, 1.165) is 17.8 Å². The number of hydrogen-bond acceptors (Lipinski definition) is 2. The zero-order valence-corrected chi connectivity index (χ0v) is 11.7. The quantitative estimate of drug-likeness (QED) is 0.850. The second-order valence-corrected chi connectivity index (χ2v) is 5.78. The summed E-state index contributed by atoms with van der Waals surface area (Å²) < 4.78 is 0. The van der Waals surface area contributed by atoms with E-state index >= 15 is 0 Å². The van der Waals surface area contributed by atoms with Crippen LogP contribution < -0.4 is 0 Å². The Balaban J connectivity index is 1.84. The van der Waals surface area contributed by atoms with Gasteiger partial charge in [0, 0.05) is 29.7 Å². The van der Waals surface area contributed by atoms with Crippen LogP contribution in [0.2, 0.25) is 0 Å². The number of aromatic nitrogens is 1. The molecular weight excluding hydrogens is 252 g/mol. The van der Waals surface area contributed by atoms with Gasteiger partial charge in [-0.3, -0.25) is 9.69 Å². The van der Waals surface area contributed by atoms with Gasteiger partial charge in [-0.1, -0.05) is 18.2 Å². The van der Waals surface area contributed by atoms with E-state index in [-0.39, 0.29) is 6.54 Å². The highest BCUT2D eigenvalue weighted by Gasteiger charge is 2.26. The first-order valence-electron chi connectivity index (χ1n) is 7.14. The number of aliphatic carboxylic acids is 1. The van der Waals surface area contributed by atoms with Crippen LogP contribution in [0.4, 0.5) is 0 Å². The van der Waals surface area contributed by atoms with Crippen molar-refractivity contribution < 1.29 is 9.90 Å². The second-order valence-electron chi connectivity index (χ2n) is 5.78. The second kappa shape index (κ2) is 5.29. The van der Waals surface area contributed by atoms with Crippen molar-refractivity contribution in [3.63, 3.8) is 0 Å². The molecule has 1 aliphatic rings. The monoisotopic (exact) mass is 272 g/mol. The Morgan fingerprint density at radius 3 is 2.85 bits per heavy atom. The number of carboxylic acids is 1. The number of carboxylic acid groups (broad SMARTS) is 1. The molecule has 0 bridgehead atoms. The molecule has 1 fully saturated rings. The first-order chi connectivity index (χ1) is 9.63. The zero-order chi connectivity index (χ0) is 14.1. The molecule has 0 saturated heterocycles. The summed E-state index contributed by atoms with van der Waals surface area (Å²) in [6.07, 6.45) is 2.48. The minimum Gasteiger partial charge on any atom is -0.480 e. The van der Waals surface area contributed by atoms with E-state index in [1.165, 1.54) is 23.8 Å². The molecule has 106 valence electrons. The van der Waals surface area contributed by atoms with Gasteiger partial charge in [0.2, 0.25) is 0 Å². The SMILES string of the molecule is Cc1[nH]c2ccccc2c1CN(CC(=O)O)CC1CC1. The molecule has 1 aliphatic carbocycles. The molecule has 0 spiro atoms. The third-order valence-corrected chi connectivity index (χ3v) is 3.98. The van der Waals surface area contributed by atoms with Crippen molar-refractivity contribution in [2.75, 3.05) is 13.1 Å². The maximum absolute atomic E-state index is 11.0. The average molecular weight is 272 g/mol. The van der Waals surface area contributed by atoms with Crippen LogP contribution in [0, 0.1) is 12.8 Å². The van der Waals surface area contributed by atoms with Gasteiger partial charge >= 0.3 is 5.97 Å². The lowest BCUT2D eigenvalue weighted by Gasteiger charge is -2.20. The summed E-state index contributed by atoms with van der Waals surface area (Å²) in [6, 6.07) is 8.21. The largest absolute Gasteiger partial charge is 0.480 e. The summed E-state index contributed by atoms with van der Waals surface area (Å²) in [5, 5.41) is 10.3. The summed E-state index contributed by atoms with van der Waals surface area (Å²) in [5.41, 5.74) is 3.49. The van der Waals surface area contributed by atoms with Gasteiger partial charge in [0.15, 0.2) is 0 Å². The molecule has 2 N–H and O–H groups in total. The van der Waals surface area contributed by atoms with Crippen molar-refractivity contribution in [2.24, 2.45) is 5.92 Å². The van der Waals surface area contributed by atoms with Crippen molar-refractivity contribution >= 4 is 16.9 Å². The van der Waals surface area contributed by atoms with E-state index in [1.54, 1.807) is 0 Å². The molecular formula is C16H20N2O2. The van der Waals surface area contributed by atoms with E-state index in [2.05, 4.69) is 28.9 Å². The van der Waals surface area contributed by atoms with Gasteiger partial charge in [-0.15, -0.1) is 0 Å². The lowest BCUT2D eigenvalue weighted by molar-refractivity contribution is -0.138. The Morgan fingerprint density at radius 1 is 1.40 bits per heavy atom. The van der Waals surface area contributed by atoms with Gasteiger partial charge in [0.25, 0.3) is 0 Å². The van der Waals surface area contributed by atoms with Gasteiger partial charge in [-0.05, 0) is 37.3 Å². The number of aryl methyl sites for hydroxylation is 1. The molecule has 1 saturated carbocycles. The highest BCUT2D eigenvalue weighted by molar-refractivity contribution is 5.84. The molecule has 0 aliphatic heterocycles. The van der Waals surface area contributed by atoms with Gasteiger partial charge in [-0.25, -0.2) is 0 Å². The highest BCUT2D eigenvalue weighted by Crippen LogP contribution is 2.31. The fourth-order valence-electron chi connectivity index (χ4n) is 2.80. The number of nitrogens with zero attached hydrogens (tertiary/aromatic N) is 1. The van der Waals surface area contributed by atoms with Crippen LogP contribution in [0.1, 0.15) is 24.1 Å². The number of hydrogen-bond donors (Lipinski definition) is 2. The topological polar surface area (TPSA) is 56.3 Å². The minimum atomic E-state index is -0.747. The van der Waals surface area contributed by atoms with Crippen LogP contribution >= 0.6 is 0 Å². The molecule has 4 nitrogen and oxygen atoms in total. The Morgan fingerprint density at radius 2 is 2.15 bits per heavy atom. The van der Waals surface area contributed by atoms with Gasteiger partial charge < -0.3 is 10.1 Å². The number of fused-ring (bicyclic) bond motifs is 1. The molecule has 4 heteroatoms. The predicted octanol–water partition coefficient (Wildman–Crippen LogP) is 2.77. The number of carbonyl (C=O) groups is 1. The van der Waals surface area contributed by atoms with Gasteiger partial charge in [-0.2, -0.15) is 0 Å². The van der Waals surface area contributed by atoms with Crippen molar-refractivity contribution in [1.29, 1.82) is 0 Å². The number of para-hydroxylation sites is 1. The van der Waals surface area contributed by atoms with Crippen molar-refractivity contribution in [2.45, 2.75) is 26.3 Å². The van der Waals surface area contributed by atoms with Crippen LogP contribution in [0.25, 0.3) is 10.9 Å². The Bertz CT molecular complexity index is 628. The number of nitrogens with one attached hydrogen (secondary N) is 1. The minimum absolute atomic E-state index is 0.120. The van der Waals surface area contributed by atoms with E-state index < -0.39 is 5.97 Å². The maximum atomic E-state index is 11.0. The summed E-state index contributed by atoms with van der Waals surface area (Å²) in [5.74, 6) is -0.0528.